The first-order valence-corrected chi connectivity index (χ1v) is 9.03. The van der Waals surface area contributed by atoms with Crippen molar-refractivity contribution in [2.75, 3.05) is 6.54 Å². The Balaban J connectivity index is 1.52. The molecule has 3 saturated carbocycles. The first-order valence-electron chi connectivity index (χ1n) is 9.03. The van der Waals surface area contributed by atoms with Gasteiger partial charge in [-0.05, 0) is 49.4 Å². The van der Waals surface area contributed by atoms with E-state index in [1.165, 1.54) is 25.7 Å². The highest BCUT2D eigenvalue weighted by Gasteiger charge is 2.53. The maximum absolute atomic E-state index is 12.8. The lowest BCUT2D eigenvalue weighted by atomic mass is 9.78. The van der Waals surface area contributed by atoms with E-state index in [9.17, 15) is 4.79 Å². The van der Waals surface area contributed by atoms with Gasteiger partial charge in [0.2, 0.25) is 11.8 Å². The van der Waals surface area contributed by atoms with Crippen LogP contribution in [0.15, 0.2) is 4.52 Å². The third-order valence-corrected chi connectivity index (χ3v) is 5.70. The number of aromatic nitrogens is 2. The summed E-state index contributed by atoms with van der Waals surface area (Å²) in [6, 6.07) is 0. The molecule has 3 aliphatic rings. The Morgan fingerprint density at radius 1 is 1.22 bits per heavy atom. The predicted molar refractivity (Wildman–Crippen MR) is 85.8 cm³/mol. The van der Waals surface area contributed by atoms with E-state index in [4.69, 9.17) is 4.52 Å². The van der Waals surface area contributed by atoms with Crippen molar-refractivity contribution in [1.82, 2.24) is 15.5 Å². The van der Waals surface area contributed by atoms with Gasteiger partial charge in [0.05, 0.1) is 11.8 Å². The van der Waals surface area contributed by atoms with Crippen molar-refractivity contribution in [3.05, 3.63) is 11.7 Å². The van der Waals surface area contributed by atoms with Gasteiger partial charge in [-0.15, -0.1) is 0 Å². The van der Waals surface area contributed by atoms with Crippen LogP contribution in [-0.4, -0.2) is 22.6 Å². The van der Waals surface area contributed by atoms with E-state index in [0.29, 0.717) is 24.3 Å². The Morgan fingerprint density at radius 3 is 2.65 bits per heavy atom. The summed E-state index contributed by atoms with van der Waals surface area (Å²) in [5, 5.41) is 7.33. The topological polar surface area (TPSA) is 68.0 Å². The van der Waals surface area contributed by atoms with Crippen molar-refractivity contribution in [3.8, 4) is 0 Å². The Bertz CT molecular complexity index is 600. The number of hydrogen-bond donors (Lipinski definition) is 1. The molecule has 1 amide bonds. The largest absolute Gasteiger partial charge is 0.355 e. The number of fused-ring (bicyclic) bond motifs is 2. The molecule has 3 fully saturated rings. The fourth-order valence-electron chi connectivity index (χ4n) is 4.38. The zero-order valence-corrected chi connectivity index (χ0v) is 14.3. The second-order valence-electron chi connectivity index (χ2n) is 8.93. The molecule has 0 aliphatic heterocycles. The van der Waals surface area contributed by atoms with Gasteiger partial charge in [0.25, 0.3) is 0 Å². The summed E-state index contributed by atoms with van der Waals surface area (Å²) >= 11 is 0. The normalized spacial score (nSPS) is 33.2. The van der Waals surface area contributed by atoms with Crippen LogP contribution in [0.4, 0.5) is 0 Å². The first-order chi connectivity index (χ1) is 10.9. The van der Waals surface area contributed by atoms with Crippen molar-refractivity contribution in [1.29, 1.82) is 0 Å². The molecule has 0 aromatic carbocycles. The van der Waals surface area contributed by atoms with Crippen LogP contribution in [0.1, 0.15) is 76.4 Å². The van der Waals surface area contributed by atoms with E-state index in [1.54, 1.807) is 0 Å². The molecule has 5 nitrogen and oxygen atoms in total. The summed E-state index contributed by atoms with van der Waals surface area (Å²) in [4.78, 5) is 17.5. The van der Waals surface area contributed by atoms with Crippen molar-refractivity contribution >= 4 is 5.91 Å². The lowest BCUT2D eigenvalue weighted by Gasteiger charge is -2.29. The number of hydrogen-bond acceptors (Lipinski definition) is 4. The van der Waals surface area contributed by atoms with Crippen LogP contribution in [0.3, 0.4) is 0 Å². The van der Waals surface area contributed by atoms with E-state index in [0.717, 1.165) is 18.1 Å². The van der Waals surface area contributed by atoms with Gasteiger partial charge in [0.15, 0.2) is 5.82 Å². The standard InChI is InChI=1S/C18H27N3O2/c1-18(2,3)9-19-16(22)13-11-6-7-12(8-11)14(13)17-20-15(21-23-17)10-4-5-10/h10-14H,4-9H2,1-3H3,(H,19,22)/t11-,12+,13-,14-/m0/s1. The number of nitrogens with zero attached hydrogens (tertiary/aromatic N) is 2. The highest BCUT2D eigenvalue weighted by molar-refractivity contribution is 5.80. The van der Waals surface area contributed by atoms with Crippen LogP contribution < -0.4 is 5.32 Å². The van der Waals surface area contributed by atoms with Gasteiger partial charge in [-0.2, -0.15) is 4.98 Å². The third kappa shape index (κ3) is 2.90. The molecule has 126 valence electrons. The van der Waals surface area contributed by atoms with E-state index in [2.05, 4.69) is 36.2 Å². The van der Waals surface area contributed by atoms with Gasteiger partial charge in [0, 0.05) is 12.5 Å². The van der Waals surface area contributed by atoms with Crippen LogP contribution in [-0.2, 0) is 4.79 Å². The molecular formula is C18H27N3O2. The Morgan fingerprint density at radius 2 is 1.96 bits per heavy atom. The van der Waals surface area contributed by atoms with Gasteiger partial charge >= 0.3 is 0 Å². The summed E-state index contributed by atoms with van der Waals surface area (Å²) in [5.41, 5.74) is 0.104. The molecule has 3 aliphatic carbocycles. The van der Waals surface area contributed by atoms with E-state index in [-0.39, 0.29) is 23.2 Å². The minimum absolute atomic E-state index is 0.0172. The van der Waals surface area contributed by atoms with Gasteiger partial charge in [0.1, 0.15) is 0 Å². The van der Waals surface area contributed by atoms with Gasteiger partial charge in [-0.25, -0.2) is 0 Å². The summed E-state index contributed by atoms with van der Waals surface area (Å²) in [6.45, 7) is 7.14. The number of amides is 1. The lowest BCUT2D eigenvalue weighted by Crippen LogP contribution is -2.41. The molecule has 2 bridgehead atoms. The summed E-state index contributed by atoms with van der Waals surface area (Å²) in [7, 11) is 0. The number of nitrogens with one attached hydrogen (secondary N) is 1. The molecule has 1 aromatic rings. The number of carbonyl (C=O) groups excluding carboxylic acids is 1. The molecule has 1 heterocycles. The summed E-state index contributed by atoms with van der Waals surface area (Å²) < 4.78 is 5.59. The fraction of sp³-hybridized carbons (Fsp3) is 0.833. The smallest absolute Gasteiger partial charge is 0.230 e. The van der Waals surface area contributed by atoms with Gasteiger partial charge in [-0.3, -0.25) is 4.79 Å². The molecule has 0 radical (unpaired) electrons. The second-order valence-corrected chi connectivity index (χ2v) is 8.93. The highest BCUT2D eigenvalue weighted by atomic mass is 16.5. The minimum atomic E-state index is 0.0172. The fourth-order valence-corrected chi connectivity index (χ4v) is 4.38. The second kappa shape index (κ2) is 5.32. The molecule has 1 N–H and O–H groups in total. The van der Waals surface area contributed by atoms with Gasteiger partial charge < -0.3 is 9.84 Å². The number of carbonyl (C=O) groups is 1. The van der Waals surface area contributed by atoms with Crippen LogP contribution in [0.2, 0.25) is 0 Å². The average Bonchev–Trinajstić information content (AvgIpc) is 2.95. The molecule has 23 heavy (non-hydrogen) atoms. The van der Waals surface area contributed by atoms with E-state index in [1.807, 2.05) is 0 Å². The molecule has 1 aromatic heterocycles. The van der Waals surface area contributed by atoms with Crippen molar-refractivity contribution in [2.24, 2.45) is 23.2 Å². The molecule has 0 spiro atoms. The Hall–Kier alpha value is -1.39. The van der Waals surface area contributed by atoms with Crippen molar-refractivity contribution < 1.29 is 9.32 Å². The maximum atomic E-state index is 12.8. The average molecular weight is 317 g/mol. The summed E-state index contributed by atoms with van der Waals surface area (Å²) in [6.07, 6.45) is 5.84. The van der Waals surface area contributed by atoms with Crippen LogP contribution in [0.5, 0.6) is 0 Å². The highest BCUT2D eigenvalue weighted by Crippen LogP contribution is 2.56. The van der Waals surface area contributed by atoms with E-state index < -0.39 is 0 Å². The molecular weight excluding hydrogens is 290 g/mol. The Labute approximate surface area is 137 Å². The monoisotopic (exact) mass is 317 g/mol. The molecule has 4 rings (SSSR count). The molecule has 0 unspecified atom stereocenters. The van der Waals surface area contributed by atoms with Crippen LogP contribution >= 0.6 is 0 Å². The third-order valence-electron chi connectivity index (χ3n) is 5.70. The first kappa shape index (κ1) is 15.2. The van der Waals surface area contributed by atoms with Gasteiger partial charge in [-0.1, -0.05) is 25.9 Å². The zero-order valence-electron chi connectivity index (χ0n) is 14.3. The van der Waals surface area contributed by atoms with Crippen molar-refractivity contribution in [2.45, 2.75) is 64.7 Å². The summed E-state index contributed by atoms with van der Waals surface area (Å²) in [5.74, 6) is 3.44. The lowest BCUT2D eigenvalue weighted by molar-refractivity contribution is -0.127. The van der Waals surface area contributed by atoms with Crippen LogP contribution in [0, 0.1) is 23.2 Å². The predicted octanol–water partition coefficient (Wildman–Crippen LogP) is 3.24. The molecule has 5 heteroatoms. The zero-order chi connectivity index (χ0) is 16.2. The van der Waals surface area contributed by atoms with Crippen LogP contribution in [0.25, 0.3) is 0 Å². The molecule has 4 atom stereocenters. The maximum Gasteiger partial charge on any atom is 0.230 e. The SMILES string of the molecule is CC(C)(C)CNC(=O)[C@H]1[C@H]2CC[C@H](C2)[C@@H]1c1nc(C2CC2)no1. The quantitative estimate of drug-likeness (QED) is 0.925. The minimum Gasteiger partial charge on any atom is -0.355 e. The Kier molecular flexibility index (Phi) is 3.50. The van der Waals surface area contributed by atoms with Crippen molar-refractivity contribution in [3.63, 3.8) is 0 Å². The van der Waals surface area contributed by atoms with E-state index >= 15 is 0 Å². The number of rotatable bonds is 4. The molecule has 0 saturated heterocycles.